The van der Waals surface area contributed by atoms with Gasteiger partial charge < -0.3 is 31.1 Å². The minimum absolute atomic E-state index is 0.0224. The molecule has 0 aliphatic heterocycles. The SMILES string of the molecule is COC(=O)CNC(=O)[C@H](NC(=O)[C@@H](CSC(c1ccccc1)(c1ccccc1)c1ccccc1)NC(=O)[C@H](NC(=O)C[C@H](O)C=CCCSC(c1ccccc1)(c1ccccc1)c1ccccc1)C(C)C)C(C)C. The van der Waals surface area contributed by atoms with Crippen LogP contribution in [0, 0.1) is 11.8 Å². The van der Waals surface area contributed by atoms with Crippen molar-refractivity contribution in [2.24, 2.45) is 11.8 Å². The lowest BCUT2D eigenvalue weighted by molar-refractivity contribution is -0.141. The van der Waals surface area contributed by atoms with Crippen molar-refractivity contribution in [1.82, 2.24) is 21.3 Å². The van der Waals surface area contributed by atoms with Gasteiger partial charge in [-0.05, 0) is 57.4 Å². The molecule has 0 heterocycles. The molecule has 0 unspecified atom stereocenters. The summed E-state index contributed by atoms with van der Waals surface area (Å²) < 4.78 is 3.34. The third-order valence-corrected chi connectivity index (χ3v) is 15.9. The van der Waals surface area contributed by atoms with Crippen LogP contribution in [0.1, 0.15) is 73.9 Å². The average molecular weight is 1030 g/mol. The van der Waals surface area contributed by atoms with Crippen LogP contribution in [0.4, 0.5) is 0 Å². The maximum atomic E-state index is 14.7. The highest BCUT2D eigenvalue weighted by molar-refractivity contribution is 8.00. The molecule has 74 heavy (non-hydrogen) atoms. The van der Waals surface area contributed by atoms with Crippen molar-refractivity contribution in [1.29, 1.82) is 0 Å². The van der Waals surface area contributed by atoms with Gasteiger partial charge in [0.2, 0.25) is 23.6 Å². The summed E-state index contributed by atoms with van der Waals surface area (Å²) in [6.07, 6.45) is 2.67. The van der Waals surface area contributed by atoms with Crippen LogP contribution < -0.4 is 21.3 Å². The van der Waals surface area contributed by atoms with E-state index in [2.05, 4.69) is 94.1 Å². The van der Waals surface area contributed by atoms with E-state index in [1.54, 1.807) is 45.5 Å². The Morgan fingerprint density at radius 3 is 1.28 bits per heavy atom. The minimum Gasteiger partial charge on any atom is -0.468 e. The molecule has 0 aliphatic rings. The molecule has 0 aromatic heterocycles. The first kappa shape index (κ1) is 56.4. The summed E-state index contributed by atoms with van der Waals surface area (Å²) >= 11 is 3.25. The molecule has 0 saturated heterocycles. The van der Waals surface area contributed by atoms with Crippen LogP contribution in [0.2, 0.25) is 0 Å². The maximum Gasteiger partial charge on any atom is 0.325 e. The Balaban J connectivity index is 1.19. The van der Waals surface area contributed by atoms with Gasteiger partial charge in [-0.25, -0.2) is 0 Å². The number of carbonyl (C=O) groups excluding carboxylic acids is 5. The lowest BCUT2D eigenvalue weighted by atomic mass is 9.84. The van der Waals surface area contributed by atoms with Crippen LogP contribution in [-0.2, 0) is 38.2 Å². The molecule has 13 heteroatoms. The van der Waals surface area contributed by atoms with Gasteiger partial charge >= 0.3 is 5.97 Å². The summed E-state index contributed by atoms with van der Waals surface area (Å²) in [6, 6.07) is 57.6. The Morgan fingerprint density at radius 2 is 0.905 bits per heavy atom. The standard InChI is InChI=1S/C61H68N4O7S2/c1-43(2)55(58(70)62-41-54(68)72-5)65-57(69)52(42-74-61(48-32-18-9-19-33-48,49-34-20-10-21-35-49)50-36-22-11-23-37-50)63-59(71)56(44(3)4)64-53(67)40-51(66)38-24-25-39-73-60(45-26-12-6-13-27-45,46-28-14-7-15-29-46)47-30-16-8-17-31-47/h6-24,26-38,43-44,51-52,55-56,66H,25,39-42H2,1-5H3,(H,62,70)(H,63,71)(H,64,67)(H,65,69)/t51-,52-,55-,56-/m1/s1. The van der Waals surface area contributed by atoms with Gasteiger partial charge in [-0.2, -0.15) is 0 Å². The van der Waals surface area contributed by atoms with Crippen LogP contribution in [0.5, 0.6) is 0 Å². The molecule has 6 aromatic rings. The fourth-order valence-corrected chi connectivity index (χ4v) is 11.9. The van der Waals surface area contributed by atoms with Crippen LogP contribution in [0.15, 0.2) is 194 Å². The number of rotatable bonds is 26. The summed E-state index contributed by atoms with van der Waals surface area (Å²) in [5.41, 5.74) is 6.26. The first-order valence-corrected chi connectivity index (χ1v) is 27.0. The Morgan fingerprint density at radius 1 is 0.527 bits per heavy atom. The Bertz CT molecular complexity index is 2540. The van der Waals surface area contributed by atoms with Gasteiger partial charge in [-0.3, -0.25) is 24.0 Å². The second-order valence-electron chi connectivity index (χ2n) is 18.6. The molecule has 386 valence electrons. The van der Waals surface area contributed by atoms with Crippen LogP contribution in [-0.4, -0.2) is 84.1 Å². The Hall–Kier alpha value is -6.93. The lowest BCUT2D eigenvalue weighted by Crippen LogP contribution is -2.59. The second kappa shape index (κ2) is 27.9. The van der Waals surface area contributed by atoms with Crippen LogP contribution >= 0.6 is 23.5 Å². The van der Waals surface area contributed by atoms with E-state index in [1.807, 2.05) is 115 Å². The topological polar surface area (TPSA) is 163 Å². The Labute approximate surface area is 444 Å². The summed E-state index contributed by atoms with van der Waals surface area (Å²) in [4.78, 5) is 68.3. The largest absolute Gasteiger partial charge is 0.468 e. The van der Waals surface area contributed by atoms with Crippen molar-refractivity contribution < 1.29 is 33.8 Å². The number of amides is 4. The molecule has 6 aromatic carbocycles. The number of nitrogens with one attached hydrogen (secondary N) is 4. The van der Waals surface area contributed by atoms with E-state index in [1.165, 1.54) is 18.9 Å². The molecule has 0 bridgehead atoms. The third kappa shape index (κ3) is 14.6. The number of hydrogen-bond donors (Lipinski definition) is 5. The van der Waals surface area contributed by atoms with Crippen molar-refractivity contribution in [3.8, 4) is 0 Å². The van der Waals surface area contributed by atoms with E-state index < -0.39 is 81.7 Å². The van der Waals surface area contributed by atoms with E-state index in [4.69, 9.17) is 4.74 Å². The molecule has 0 radical (unpaired) electrons. The monoisotopic (exact) mass is 1030 g/mol. The lowest BCUT2D eigenvalue weighted by Gasteiger charge is -2.37. The summed E-state index contributed by atoms with van der Waals surface area (Å²) in [5.74, 6) is -3.16. The van der Waals surface area contributed by atoms with Gasteiger partial charge in [0.25, 0.3) is 0 Å². The number of thioether (sulfide) groups is 2. The molecule has 11 nitrogen and oxygen atoms in total. The number of carbonyl (C=O) groups is 5. The van der Waals surface area contributed by atoms with Gasteiger partial charge in [0.15, 0.2) is 0 Å². The predicted molar refractivity (Wildman–Crippen MR) is 298 cm³/mol. The molecule has 0 spiro atoms. The van der Waals surface area contributed by atoms with E-state index in [0.29, 0.717) is 12.2 Å². The van der Waals surface area contributed by atoms with Crippen LogP contribution in [0.3, 0.4) is 0 Å². The summed E-state index contributed by atoms with van der Waals surface area (Å²) in [5, 5.41) is 22.3. The van der Waals surface area contributed by atoms with E-state index in [0.717, 1.165) is 33.4 Å². The van der Waals surface area contributed by atoms with Gasteiger partial charge in [0, 0.05) is 5.75 Å². The molecule has 4 atom stereocenters. The number of benzene rings is 6. The molecular weight excluding hydrogens is 965 g/mol. The van der Waals surface area contributed by atoms with Gasteiger partial charge in [0.1, 0.15) is 24.7 Å². The number of hydrogen-bond acceptors (Lipinski definition) is 9. The molecule has 0 saturated carbocycles. The molecule has 4 amide bonds. The third-order valence-electron chi connectivity index (χ3n) is 12.7. The highest BCUT2D eigenvalue weighted by Crippen LogP contribution is 2.50. The first-order valence-electron chi connectivity index (χ1n) is 25.0. The van der Waals surface area contributed by atoms with Gasteiger partial charge in [0.05, 0.1) is 29.1 Å². The summed E-state index contributed by atoms with van der Waals surface area (Å²) in [7, 11) is 1.21. The van der Waals surface area contributed by atoms with Crippen molar-refractivity contribution in [2.75, 3.05) is 25.2 Å². The van der Waals surface area contributed by atoms with Crippen LogP contribution in [0.25, 0.3) is 0 Å². The van der Waals surface area contributed by atoms with Crippen molar-refractivity contribution in [3.63, 3.8) is 0 Å². The highest BCUT2D eigenvalue weighted by Gasteiger charge is 2.41. The molecule has 0 aliphatic carbocycles. The number of aliphatic hydroxyl groups is 1. The Kier molecular flexibility index (Phi) is 21.3. The number of ether oxygens (including phenoxy) is 1. The van der Waals surface area contributed by atoms with E-state index >= 15 is 0 Å². The van der Waals surface area contributed by atoms with Gasteiger partial charge in [-0.1, -0.05) is 222 Å². The second-order valence-corrected chi connectivity index (χ2v) is 21.1. The highest BCUT2D eigenvalue weighted by atomic mass is 32.2. The van der Waals surface area contributed by atoms with Crippen molar-refractivity contribution in [3.05, 3.63) is 228 Å². The number of esters is 1. The zero-order chi connectivity index (χ0) is 52.9. The fourth-order valence-electron chi connectivity index (χ4n) is 8.88. The smallest absolute Gasteiger partial charge is 0.325 e. The van der Waals surface area contributed by atoms with Gasteiger partial charge in [-0.15, -0.1) is 23.5 Å². The molecule has 0 fully saturated rings. The minimum atomic E-state index is -1.23. The maximum absolute atomic E-state index is 14.7. The fraction of sp³-hybridized carbons (Fsp3) is 0.295. The quantitative estimate of drug-likeness (QED) is 0.0154. The number of aliphatic hydroxyl groups excluding tert-OH is 1. The number of methoxy groups -OCH3 is 1. The average Bonchev–Trinajstić information content (AvgIpc) is 3.43. The van der Waals surface area contributed by atoms with Crippen molar-refractivity contribution >= 4 is 53.1 Å². The molecule has 5 N–H and O–H groups in total. The zero-order valence-corrected chi connectivity index (χ0v) is 44.3. The molecular formula is C61H68N4O7S2. The normalized spacial score (nSPS) is 13.4. The zero-order valence-electron chi connectivity index (χ0n) is 42.7. The van der Waals surface area contributed by atoms with Crippen molar-refractivity contribution in [2.45, 2.75) is 74.3 Å². The summed E-state index contributed by atoms with van der Waals surface area (Å²) in [6.45, 7) is 6.70. The first-order chi connectivity index (χ1) is 35.8. The van der Waals surface area contributed by atoms with E-state index in [-0.39, 0.29) is 12.2 Å². The van der Waals surface area contributed by atoms with E-state index in [9.17, 15) is 29.1 Å². The predicted octanol–water partition coefficient (Wildman–Crippen LogP) is 9.19. The number of allylic oxidation sites excluding steroid dienone is 1. The molecule has 6 rings (SSSR count).